The normalized spacial score (nSPS) is 12.1. The van der Waals surface area contributed by atoms with Crippen LogP contribution in [0.2, 0.25) is 0 Å². The molecule has 0 aliphatic heterocycles. The Morgan fingerprint density at radius 1 is 1.05 bits per heavy atom. The second-order valence-corrected chi connectivity index (χ2v) is 5.10. The van der Waals surface area contributed by atoms with Crippen LogP contribution in [-0.2, 0) is 6.61 Å². The number of hydrogen-bond donors (Lipinski definition) is 1. The molecule has 2 heteroatoms. The molecule has 20 heavy (non-hydrogen) atoms. The highest BCUT2D eigenvalue weighted by atomic mass is 16.5. The summed E-state index contributed by atoms with van der Waals surface area (Å²) >= 11 is 0. The van der Waals surface area contributed by atoms with Crippen LogP contribution in [0.15, 0.2) is 54.6 Å². The van der Waals surface area contributed by atoms with Crippen molar-refractivity contribution in [1.82, 2.24) is 0 Å². The fraction of sp³-hybridized carbons (Fsp3) is 0.333. The highest BCUT2D eigenvalue weighted by Gasteiger charge is 2.06. The molecule has 106 valence electrons. The molecule has 0 fully saturated rings. The van der Waals surface area contributed by atoms with Crippen molar-refractivity contribution in [2.75, 3.05) is 0 Å². The van der Waals surface area contributed by atoms with Crippen LogP contribution >= 0.6 is 0 Å². The maximum absolute atomic E-state index is 6.20. The Balaban J connectivity index is 1.95. The second kappa shape index (κ2) is 7.71. The summed E-state index contributed by atoms with van der Waals surface area (Å²) in [5.41, 5.74) is 8.53. The number of benzene rings is 2. The van der Waals surface area contributed by atoms with E-state index in [4.69, 9.17) is 10.5 Å². The largest absolute Gasteiger partial charge is 0.489 e. The van der Waals surface area contributed by atoms with Crippen LogP contribution in [-0.4, -0.2) is 0 Å². The first-order valence-corrected chi connectivity index (χ1v) is 7.32. The predicted octanol–water partition coefficient (Wildman–Crippen LogP) is 4.46. The van der Waals surface area contributed by atoms with Gasteiger partial charge in [-0.15, -0.1) is 0 Å². The molecule has 0 saturated carbocycles. The fourth-order valence-corrected chi connectivity index (χ4v) is 2.17. The molecule has 2 aromatic carbocycles. The van der Waals surface area contributed by atoms with E-state index in [2.05, 4.69) is 31.2 Å². The topological polar surface area (TPSA) is 35.2 Å². The molecule has 0 unspecified atom stereocenters. The summed E-state index contributed by atoms with van der Waals surface area (Å²) in [7, 11) is 0. The molecular weight excluding hydrogens is 246 g/mol. The van der Waals surface area contributed by atoms with Gasteiger partial charge in [0.25, 0.3) is 0 Å². The average Bonchev–Trinajstić information content (AvgIpc) is 2.52. The molecule has 2 aromatic rings. The molecule has 0 aliphatic carbocycles. The van der Waals surface area contributed by atoms with Crippen molar-refractivity contribution >= 4 is 0 Å². The van der Waals surface area contributed by atoms with Gasteiger partial charge in [-0.3, -0.25) is 0 Å². The molecular formula is C18H23NO. The van der Waals surface area contributed by atoms with Gasteiger partial charge in [-0.2, -0.15) is 0 Å². The third-order valence-electron chi connectivity index (χ3n) is 3.40. The van der Waals surface area contributed by atoms with Crippen molar-refractivity contribution in [3.8, 4) is 5.75 Å². The van der Waals surface area contributed by atoms with Crippen LogP contribution in [0.3, 0.4) is 0 Å². The molecule has 1 atom stereocenters. The summed E-state index contributed by atoms with van der Waals surface area (Å²) in [4.78, 5) is 0. The molecule has 2 rings (SSSR count). The van der Waals surface area contributed by atoms with Crippen molar-refractivity contribution in [1.29, 1.82) is 0 Å². The molecule has 0 radical (unpaired) electrons. The van der Waals surface area contributed by atoms with Gasteiger partial charge in [0, 0.05) is 6.04 Å². The maximum atomic E-state index is 6.20. The van der Waals surface area contributed by atoms with Crippen molar-refractivity contribution < 1.29 is 4.74 Å². The fourth-order valence-electron chi connectivity index (χ4n) is 2.17. The van der Waals surface area contributed by atoms with E-state index in [1.807, 2.05) is 30.3 Å². The Bertz CT molecular complexity index is 510. The Morgan fingerprint density at radius 2 is 1.85 bits per heavy atom. The van der Waals surface area contributed by atoms with E-state index in [0.717, 1.165) is 24.2 Å². The highest BCUT2D eigenvalue weighted by molar-refractivity contribution is 5.30. The van der Waals surface area contributed by atoms with Gasteiger partial charge in [0.2, 0.25) is 0 Å². The summed E-state index contributed by atoms with van der Waals surface area (Å²) in [5.74, 6) is 0.887. The predicted molar refractivity (Wildman–Crippen MR) is 83.7 cm³/mol. The minimum absolute atomic E-state index is 0.107. The van der Waals surface area contributed by atoms with Crippen molar-refractivity contribution in [2.45, 2.75) is 38.8 Å². The quantitative estimate of drug-likeness (QED) is 0.805. The highest BCUT2D eigenvalue weighted by Crippen LogP contribution is 2.22. The lowest BCUT2D eigenvalue weighted by Crippen LogP contribution is -2.10. The van der Waals surface area contributed by atoms with Crippen molar-refractivity contribution in [3.63, 3.8) is 0 Å². The van der Waals surface area contributed by atoms with Gasteiger partial charge < -0.3 is 10.5 Å². The molecule has 0 heterocycles. The second-order valence-electron chi connectivity index (χ2n) is 5.10. The van der Waals surface area contributed by atoms with Gasteiger partial charge in [-0.1, -0.05) is 62.2 Å². The third-order valence-corrected chi connectivity index (χ3v) is 3.40. The van der Waals surface area contributed by atoms with Gasteiger partial charge >= 0.3 is 0 Å². The molecule has 0 aliphatic rings. The van der Waals surface area contributed by atoms with Gasteiger partial charge in [0.1, 0.15) is 12.4 Å². The van der Waals surface area contributed by atoms with Crippen molar-refractivity contribution in [3.05, 3.63) is 65.7 Å². The zero-order valence-electron chi connectivity index (χ0n) is 12.1. The van der Waals surface area contributed by atoms with E-state index in [-0.39, 0.29) is 6.04 Å². The molecule has 0 bridgehead atoms. The Kier molecular flexibility index (Phi) is 5.63. The minimum Gasteiger partial charge on any atom is -0.489 e. The number of unbranched alkanes of at least 4 members (excludes halogenated alkanes) is 1. The lowest BCUT2D eigenvalue weighted by atomic mass is 10.0. The molecule has 0 amide bonds. The number of nitrogens with two attached hydrogens (primary N) is 1. The van der Waals surface area contributed by atoms with Crippen LogP contribution in [0.25, 0.3) is 0 Å². The van der Waals surface area contributed by atoms with Crippen LogP contribution in [0, 0.1) is 0 Å². The molecule has 2 nitrogen and oxygen atoms in total. The first-order valence-electron chi connectivity index (χ1n) is 7.32. The van der Waals surface area contributed by atoms with Gasteiger partial charge in [-0.25, -0.2) is 0 Å². The number of rotatable bonds is 7. The van der Waals surface area contributed by atoms with E-state index in [0.29, 0.717) is 6.61 Å². The third kappa shape index (κ3) is 4.39. The monoisotopic (exact) mass is 269 g/mol. The number of hydrogen-bond acceptors (Lipinski definition) is 2. The first-order chi connectivity index (χ1) is 9.79. The lowest BCUT2D eigenvalue weighted by Gasteiger charge is -2.13. The minimum atomic E-state index is 0.107. The van der Waals surface area contributed by atoms with E-state index in [9.17, 15) is 0 Å². The SMILES string of the molecule is CCCC[C@H](N)c1cccc(OCc2ccccc2)c1. The summed E-state index contributed by atoms with van der Waals surface area (Å²) in [6.45, 7) is 2.78. The van der Waals surface area contributed by atoms with Gasteiger partial charge in [0.05, 0.1) is 0 Å². The lowest BCUT2D eigenvalue weighted by molar-refractivity contribution is 0.305. The maximum Gasteiger partial charge on any atom is 0.120 e. The van der Waals surface area contributed by atoms with E-state index in [1.54, 1.807) is 0 Å². The van der Waals surface area contributed by atoms with Crippen LogP contribution < -0.4 is 10.5 Å². The van der Waals surface area contributed by atoms with Crippen molar-refractivity contribution in [2.24, 2.45) is 5.73 Å². The zero-order valence-corrected chi connectivity index (χ0v) is 12.1. The van der Waals surface area contributed by atoms with Crippen LogP contribution in [0.5, 0.6) is 5.75 Å². The first kappa shape index (κ1) is 14.6. The standard InChI is InChI=1S/C18H23NO/c1-2-3-12-18(19)16-10-7-11-17(13-16)20-14-15-8-5-4-6-9-15/h4-11,13,18H,2-3,12,14,19H2,1H3/t18-/m0/s1. The Labute approximate surface area is 121 Å². The Morgan fingerprint density at radius 3 is 2.60 bits per heavy atom. The summed E-state index contributed by atoms with van der Waals surface area (Å²) in [5, 5.41) is 0. The zero-order chi connectivity index (χ0) is 14.2. The average molecular weight is 269 g/mol. The smallest absolute Gasteiger partial charge is 0.120 e. The molecule has 2 N–H and O–H groups in total. The van der Waals surface area contributed by atoms with E-state index >= 15 is 0 Å². The molecule has 0 spiro atoms. The molecule has 0 saturated heterocycles. The molecule has 0 aromatic heterocycles. The van der Waals surface area contributed by atoms with Crippen LogP contribution in [0.1, 0.15) is 43.4 Å². The van der Waals surface area contributed by atoms with E-state index in [1.165, 1.54) is 12.0 Å². The van der Waals surface area contributed by atoms with E-state index < -0.39 is 0 Å². The van der Waals surface area contributed by atoms with Gasteiger partial charge in [0.15, 0.2) is 0 Å². The summed E-state index contributed by atoms with van der Waals surface area (Å²) in [6, 6.07) is 18.4. The summed E-state index contributed by atoms with van der Waals surface area (Å²) in [6.07, 6.45) is 3.37. The van der Waals surface area contributed by atoms with Gasteiger partial charge in [-0.05, 0) is 29.7 Å². The Hall–Kier alpha value is -1.80. The van der Waals surface area contributed by atoms with Crippen LogP contribution in [0.4, 0.5) is 0 Å². The summed E-state index contributed by atoms with van der Waals surface area (Å²) < 4.78 is 5.83. The number of ether oxygens (including phenoxy) is 1.